The van der Waals surface area contributed by atoms with Crippen molar-refractivity contribution in [2.75, 3.05) is 0 Å². The van der Waals surface area contributed by atoms with Gasteiger partial charge in [0.1, 0.15) is 6.04 Å². The molecule has 3 N–H and O–H groups in total. The number of hydrogen-bond acceptors (Lipinski definition) is 2. The van der Waals surface area contributed by atoms with Gasteiger partial charge in [0.25, 0.3) is 0 Å². The van der Waals surface area contributed by atoms with Crippen molar-refractivity contribution in [3.8, 4) is 0 Å². The minimum atomic E-state index is -5.01. The Balaban J connectivity index is 3.07. The van der Waals surface area contributed by atoms with Crippen LogP contribution in [-0.2, 0) is 28.4 Å². The van der Waals surface area contributed by atoms with Gasteiger partial charge in [-0.1, -0.05) is 11.6 Å². The number of amides is 2. The van der Waals surface area contributed by atoms with Gasteiger partial charge in [-0.3, -0.25) is 9.59 Å². The second-order valence-corrected chi connectivity index (χ2v) is 6.13. The summed E-state index contributed by atoms with van der Waals surface area (Å²) in [6, 6.07) is -0.225. The van der Waals surface area contributed by atoms with Crippen LogP contribution in [0.1, 0.15) is 37.0 Å². The van der Waals surface area contributed by atoms with Gasteiger partial charge in [-0.05, 0) is 44.0 Å². The van der Waals surface area contributed by atoms with Crippen LogP contribution in [0.2, 0.25) is 0 Å². The third-order valence-electron chi connectivity index (χ3n) is 3.45. The van der Waals surface area contributed by atoms with Crippen molar-refractivity contribution in [2.24, 2.45) is 5.73 Å². The van der Waals surface area contributed by atoms with Gasteiger partial charge in [0.2, 0.25) is 11.8 Å². The van der Waals surface area contributed by atoms with E-state index >= 15 is 0 Å². The number of alkyl halides is 6. The van der Waals surface area contributed by atoms with Crippen LogP contribution in [0.25, 0.3) is 0 Å². The molecule has 0 saturated heterocycles. The molecule has 150 valence electrons. The van der Waals surface area contributed by atoms with Crippen LogP contribution in [-0.4, -0.2) is 17.9 Å². The van der Waals surface area contributed by atoms with Gasteiger partial charge in [-0.2, -0.15) is 26.3 Å². The smallest absolute Gasteiger partial charge is 0.368 e. The molecule has 27 heavy (non-hydrogen) atoms. The van der Waals surface area contributed by atoms with Gasteiger partial charge in [0, 0.05) is 0 Å². The van der Waals surface area contributed by atoms with E-state index in [1.54, 1.807) is 19.9 Å². The molecule has 0 radical (unpaired) electrons. The number of nitrogens with one attached hydrogen (secondary N) is 1. The van der Waals surface area contributed by atoms with Crippen LogP contribution in [0.15, 0.2) is 29.8 Å². The standard InChI is InChI=1S/C17H18F6N2O2/c1-9(2)3-4-13(15(24)27)25-14(26)7-10-5-11(16(18,19)20)8-12(6-10)17(21,22)23/h3,5-6,8,13H,4,7H2,1-2H3,(H2,24,27)(H,25,26)/t13-/m0/s1. The lowest BCUT2D eigenvalue weighted by Gasteiger charge is -2.16. The largest absolute Gasteiger partial charge is 0.416 e. The Kier molecular flexibility index (Phi) is 7.05. The summed E-state index contributed by atoms with van der Waals surface area (Å²) >= 11 is 0. The molecule has 0 unspecified atom stereocenters. The number of carbonyl (C=O) groups is 2. The van der Waals surface area contributed by atoms with E-state index in [9.17, 15) is 35.9 Å². The zero-order valence-electron chi connectivity index (χ0n) is 14.5. The lowest BCUT2D eigenvalue weighted by Crippen LogP contribution is -2.44. The molecule has 0 spiro atoms. The quantitative estimate of drug-likeness (QED) is 0.570. The monoisotopic (exact) mass is 396 g/mol. The number of benzene rings is 1. The third kappa shape index (κ3) is 7.32. The lowest BCUT2D eigenvalue weighted by atomic mass is 10.0. The molecule has 0 aromatic heterocycles. The highest BCUT2D eigenvalue weighted by atomic mass is 19.4. The van der Waals surface area contributed by atoms with Gasteiger partial charge in [-0.25, -0.2) is 0 Å². The Hall–Kier alpha value is -2.52. The van der Waals surface area contributed by atoms with Gasteiger partial charge < -0.3 is 11.1 Å². The van der Waals surface area contributed by atoms with Gasteiger partial charge in [-0.15, -0.1) is 0 Å². The van der Waals surface area contributed by atoms with Crippen molar-refractivity contribution in [3.63, 3.8) is 0 Å². The topological polar surface area (TPSA) is 72.2 Å². The lowest BCUT2D eigenvalue weighted by molar-refractivity contribution is -0.143. The van der Waals surface area contributed by atoms with Crippen LogP contribution in [0, 0.1) is 0 Å². The predicted molar refractivity (Wildman–Crippen MR) is 85.3 cm³/mol. The third-order valence-corrected chi connectivity index (χ3v) is 3.45. The average molecular weight is 396 g/mol. The van der Waals surface area contributed by atoms with Crippen LogP contribution in [0.3, 0.4) is 0 Å². The normalized spacial score (nSPS) is 13.0. The molecular weight excluding hydrogens is 378 g/mol. The molecule has 0 fully saturated rings. The fraction of sp³-hybridized carbons (Fsp3) is 0.412. The van der Waals surface area contributed by atoms with E-state index < -0.39 is 53.3 Å². The van der Waals surface area contributed by atoms with Gasteiger partial charge >= 0.3 is 12.4 Å². The number of nitrogens with two attached hydrogens (primary N) is 1. The Morgan fingerprint density at radius 2 is 1.52 bits per heavy atom. The van der Waals surface area contributed by atoms with E-state index in [2.05, 4.69) is 5.32 Å². The van der Waals surface area contributed by atoms with E-state index in [0.29, 0.717) is 12.1 Å². The summed E-state index contributed by atoms with van der Waals surface area (Å²) in [6.45, 7) is 3.47. The summed E-state index contributed by atoms with van der Waals surface area (Å²) in [6.07, 6.45) is -9.12. The Labute approximate surface area is 151 Å². The summed E-state index contributed by atoms with van der Waals surface area (Å²) in [5.41, 5.74) is 2.46. The first-order chi connectivity index (χ1) is 12.2. The molecule has 1 atom stereocenters. The van der Waals surface area contributed by atoms with Crippen molar-refractivity contribution in [1.29, 1.82) is 0 Å². The predicted octanol–water partition coefficient (Wildman–Crippen LogP) is 3.59. The van der Waals surface area contributed by atoms with E-state index in [1.807, 2.05) is 0 Å². The molecule has 1 rings (SSSR count). The van der Waals surface area contributed by atoms with E-state index in [1.165, 1.54) is 0 Å². The summed E-state index contributed by atoms with van der Waals surface area (Å²) in [5.74, 6) is -1.80. The van der Waals surface area contributed by atoms with Crippen LogP contribution < -0.4 is 11.1 Å². The molecule has 0 aliphatic carbocycles. The molecule has 4 nitrogen and oxygen atoms in total. The van der Waals surface area contributed by atoms with Crippen molar-refractivity contribution in [2.45, 2.75) is 45.1 Å². The van der Waals surface area contributed by atoms with Gasteiger partial charge in [0.15, 0.2) is 0 Å². The highest BCUT2D eigenvalue weighted by Crippen LogP contribution is 2.36. The molecule has 2 amide bonds. The van der Waals surface area contributed by atoms with E-state index in [4.69, 9.17) is 5.73 Å². The SMILES string of the molecule is CC(C)=CC[C@H](NC(=O)Cc1cc(C(F)(F)F)cc(C(F)(F)F)c1)C(N)=O. The van der Waals surface area contributed by atoms with Crippen molar-refractivity contribution >= 4 is 11.8 Å². The van der Waals surface area contributed by atoms with Crippen LogP contribution >= 0.6 is 0 Å². The molecule has 1 aromatic carbocycles. The maximum atomic E-state index is 12.8. The second-order valence-electron chi connectivity index (χ2n) is 6.13. The molecule has 0 saturated carbocycles. The summed E-state index contributed by atoms with van der Waals surface area (Å²) in [5, 5.41) is 2.22. The molecule has 1 aromatic rings. The molecule has 0 aliphatic heterocycles. The van der Waals surface area contributed by atoms with E-state index in [-0.39, 0.29) is 12.5 Å². The summed E-state index contributed by atoms with van der Waals surface area (Å²) in [4.78, 5) is 23.3. The number of rotatable bonds is 6. The minimum Gasteiger partial charge on any atom is -0.368 e. The first-order valence-electron chi connectivity index (χ1n) is 7.70. The fourth-order valence-electron chi connectivity index (χ4n) is 2.15. The molecule has 0 aliphatic rings. The summed E-state index contributed by atoms with van der Waals surface area (Å²) < 4.78 is 77.0. The number of allylic oxidation sites excluding steroid dienone is 1. The number of primary amides is 1. The maximum absolute atomic E-state index is 12.8. The second kappa shape index (κ2) is 8.45. The zero-order chi connectivity index (χ0) is 21.0. The summed E-state index contributed by atoms with van der Waals surface area (Å²) in [7, 11) is 0. The maximum Gasteiger partial charge on any atom is 0.416 e. The highest BCUT2D eigenvalue weighted by molar-refractivity contribution is 5.87. The van der Waals surface area contributed by atoms with E-state index in [0.717, 1.165) is 5.57 Å². The first-order valence-corrected chi connectivity index (χ1v) is 7.70. The molecule has 0 heterocycles. The Morgan fingerprint density at radius 1 is 1.04 bits per heavy atom. The first kappa shape index (κ1) is 22.5. The Morgan fingerprint density at radius 3 is 1.89 bits per heavy atom. The van der Waals surface area contributed by atoms with Gasteiger partial charge in [0.05, 0.1) is 17.5 Å². The zero-order valence-corrected chi connectivity index (χ0v) is 14.5. The minimum absolute atomic E-state index is 0.0254. The highest BCUT2D eigenvalue weighted by Gasteiger charge is 2.37. The molecule has 0 bridgehead atoms. The fourth-order valence-corrected chi connectivity index (χ4v) is 2.15. The van der Waals surface area contributed by atoms with Crippen molar-refractivity contribution in [1.82, 2.24) is 5.32 Å². The average Bonchev–Trinajstić information content (AvgIpc) is 2.48. The van der Waals surface area contributed by atoms with Crippen LogP contribution in [0.5, 0.6) is 0 Å². The molecular formula is C17H18F6N2O2. The number of hydrogen-bond donors (Lipinski definition) is 2. The van der Waals surface area contributed by atoms with Crippen molar-refractivity contribution in [3.05, 3.63) is 46.5 Å². The Bertz CT molecular complexity index is 702. The molecule has 10 heteroatoms. The van der Waals surface area contributed by atoms with Crippen LogP contribution in [0.4, 0.5) is 26.3 Å². The number of halogens is 6. The number of carbonyl (C=O) groups excluding carboxylic acids is 2. The van der Waals surface area contributed by atoms with Crippen molar-refractivity contribution < 1.29 is 35.9 Å².